The minimum atomic E-state index is -0.901. The lowest BCUT2D eigenvalue weighted by atomic mass is 9.96. The van der Waals surface area contributed by atoms with Gasteiger partial charge in [-0.05, 0) is 31.0 Å². The van der Waals surface area contributed by atoms with Crippen molar-refractivity contribution in [1.82, 2.24) is 5.32 Å². The van der Waals surface area contributed by atoms with E-state index in [1.807, 2.05) is 30.3 Å². The fourth-order valence-corrected chi connectivity index (χ4v) is 2.57. The van der Waals surface area contributed by atoms with Crippen LogP contribution in [-0.2, 0) is 9.53 Å². The van der Waals surface area contributed by atoms with E-state index in [9.17, 15) is 14.4 Å². The summed E-state index contributed by atoms with van der Waals surface area (Å²) in [5.74, 6) is -0.726. The number of ether oxygens (including phenoxy) is 1. The highest BCUT2D eigenvalue weighted by molar-refractivity contribution is 5.92. The second-order valence-corrected chi connectivity index (χ2v) is 6.05. The number of benzene rings is 2. The van der Waals surface area contributed by atoms with Crippen molar-refractivity contribution >= 4 is 18.2 Å². The van der Waals surface area contributed by atoms with Crippen LogP contribution in [0.5, 0.6) is 0 Å². The molecule has 1 amide bonds. The van der Waals surface area contributed by atoms with Crippen molar-refractivity contribution < 1.29 is 19.1 Å². The average Bonchev–Trinajstić information content (AvgIpc) is 2.69. The number of hydrogen-bond acceptors (Lipinski definition) is 4. The molecule has 0 saturated heterocycles. The minimum absolute atomic E-state index is 0.207. The first-order valence-electron chi connectivity index (χ1n) is 8.64. The Balaban J connectivity index is 1.88. The Morgan fingerprint density at radius 2 is 1.73 bits per heavy atom. The first-order chi connectivity index (χ1) is 12.5. The Kier molecular flexibility index (Phi) is 7.09. The van der Waals surface area contributed by atoms with Crippen molar-refractivity contribution in [2.24, 2.45) is 0 Å². The zero-order valence-electron chi connectivity index (χ0n) is 15.0. The van der Waals surface area contributed by atoms with Gasteiger partial charge in [-0.25, -0.2) is 4.79 Å². The molecule has 26 heavy (non-hydrogen) atoms. The number of carbonyl (C=O) groups excluding carboxylic acids is 3. The fraction of sp³-hybridized carbons (Fsp3) is 0.286. The van der Waals surface area contributed by atoms with Gasteiger partial charge in [-0.3, -0.25) is 9.59 Å². The summed E-state index contributed by atoms with van der Waals surface area (Å²) in [7, 11) is 0. The SMILES string of the molecule is CC[C@H](CNC(=O)[C@@H](C)OC(=O)c1ccc(C=O)cc1)c1ccccc1. The molecule has 0 fully saturated rings. The second-order valence-electron chi connectivity index (χ2n) is 6.05. The van der Waals surface area contributed by atoms with E-state index in [4.69, 9.17) is 4.74 Å². The molecule has 0 saturated carbocycles. The van der Waals surface area contributed by atoms with Gasteiger partial charge < -0.3 is 10.1 Å². The predicted octanol–water partition coefficient (Wildman–Crippen LogP) is 3.35. The topological polar surface area (TPSA) is 72.5 Å². The lowest BCUT2D eigenvalue weighted by molar-refractivity contribution is -0.129. The van der Waals surface area contributed by atoms with Crippen LogP contribution in [-0.4, -0.2) is 30.8 Å². The molecule has 1 N–H and O–H groups in total. The smallest absolute Gasteiger partial charge is 0.338 e. The number of amides is 1. The van der Waals surface area contributed by atoms with E-state index in [0.29, 0.717) is 24.0 Å². The molecule has 2 aromatic carbocycles. The predicted molar refractivity (Wildman–Crippen MR) is 99.2 cm³/mol. The molecule has 0 aromatic heterocycles. The summed E-state index contributed by atoms with van der Waals surface area (Å²) in [6.45, 7) is 4.09. The van der Waals surface area contributed by atoms with E-state index in [1.54, 1.807) is 0 Å². The fourth-order valence-electron chi connectivity index (χ4n) is 2.57. The molecule has 5 nitrogen and oxygen atoms in total. The third kappa shape index (κ3) is 5.28. The Morgan fingerprint density at radius 1 is 1.08 bits per heavy atom. The van der Waals surface area contributed by atoms with E-state index in [0.717, 1.165) is 12.0 Å². The number of aldehydes is 1. The minimum Gasteiger partial charge on any atom is -0.449 e. The van der Waals surface area contributed by atoms with Gasteiger partial charge in [0.1, 0.15) is 6.29 Å². The molecular formula is C21H23NO4. The van der Waals surface area contributed by atoms with Crippen LogP contribution in [0, 0.1) is 0 Å². The third-order valence-corrected chi connectivity index (χ3v) is 4.22. The summed E-state index contributed by atoms with van der Waals surface area (Å²) < 4.78 is 5.20. The average molecular weight is 353 g/mol. The van der Waals surface area contributed by atoms with Crippen LogP contribution in [0.15, 0.2) is 54.6 Å². The van der Waals surface area contributed by atoms with Crippen molar-refractivity contribution in [2.75, 3.05) is 6.54 Å². The molecule has 0 bridgehead atoms. The molecule has 0 aliphatic heterocycles. The van der Waals surface area contributed by atoms with Gasteiger partial charge in [0.25, 0.3) is 5.91 Å². The maximum atomic E-state index is 12.2. The monoisotopic (exact) mass is 353 g/mol. The molecule has 2 aromatic rings. The van der Waals surface area contributed by atoms with Crippen molar-refractivity contribution in [1.29, 1.82) is 0 Å². The number of rotatable bonds is 8. The van der Waals surface area contributed by atoms with Crippen LogP contribution in [0.25, 0.3) is 0 Å². The lowest BCUT2D eigenvalue weighted by Crippen LogP contribution is -2.38. The maximum absolute atomic E-state index is 12.2. The summed E-state index contributed by atoms with van der Waals surface area (Å²) in [5.41, 5.74) is 1.93. The van der Waals surface area contributed by atoms with Gasteiger partial charge in [-0.2, -0.15) is 0 Å². The van der Waals surface area contributed by atoms with Gasteiger partial charge >= 0.3 is 5.97 Å². The molecule has 0 heterocycles. The Bertz CT molecular complexity index is 740. The first-order valence-corrected chi connectivity index (χ1v) is 8.64. The van der Waals surface area contributed by atoms with E-state index in [1.165, 1.54) is 31.2 Å². The van der Waals surface area contributed by atoms with Crippen LogP contribution < -0.4 is 5.32 Å². The van der Waals surface area contributed by atoms with Gasteiger partial charge in [0.2, 0.25) is 0 Å². The van der Waals surface area contributed by atoms with Crippen LogP contribution in [0.3, 0.4) is 0 Å². The molecule has 2 atom stereocenters. The van der Waals surface area contributed by atoms with Crippen LogP contribution in [0.2, 0.25) is 0 Å². The zero-order chi connectivity index (χ0) is 18.9. The van der Waals surface area contributed by atoms with Crippen molar-refractivity contribution in [3.05, 3.63) is 71.3 Å². The van der Waals surface area contributed by atoms with Gasteiger partial charge in [0.15, 0.2) is 6.10 Å². The van der Waals surface area contributed by atoms with E-state index in [2.05, 4.69) is 12.2 Å². The number of esters is 1. The summed E-state index contributed by atoms with van der Waals surface area (Å²) in [6.07, 6.45) is 0.686. The molecule has 136 valence electrons. The number of nitrogens with one attached hydrogen (secondary N) is 1. The Hall–Kier alpha value is -2.95. The van der Waals surface area contributed by atoms with Crippen LogP contribution in [0.4, 0.5) is 0 Å². The van der Waals surface area contributed by atoms with Crippen molar-refractivity contribution in [2.45, 2.75) is 32.3 Å². The lowest BCUT2D eigenvalue weighted by Gasteiger charge is -2.18. The van der Waals surface area contributed by atoms with Gasteiger partial charge in [-0.15, -0.1) is 0 Å². The normalized spacial score (nSPS) is 12.7. The van der Waals surface area contributed by atoms with Gasteiger partial charge in [-0.1, -0.05) is 49.4 Å². The van der Waals surface area contributed by atoms with E-state index >= 15 is 0 Å². The highest BCUT2D eigenvalue weighted by Gasteiger charge is 2.20. The second kappa shape index (κ2) is 9.51. The third-order valence-electron chi connectivity index (χ3n) is 4.22. The molecule has 0 spiro atoms. The standard InChI is InChI=1S/C21H23NO4/c1-3-17(18-7-5-4-6-8-18)13-22-20(24)15(2)26-21(25)19-11-9-16(14-23)10-12-19/h4-12,14-15,17H,3,13H2,1-2H3,(H,22,24)/t15-,17-/m1/s1. The summed E-state index contributed by atoms with van der Waals surface area (Å²) in [5, 5.41) is 2.84. The van der Waals surface area contributed by atoms with E-state index < -0.39 is 12.1 Å². The largest absolute Gasteiger partial charge is 0.449 e. The summed E-state index contributed by atoms with van der Waals surface area (Å²) in [4.78, 5) is 35.0. The molecule has 5 heteroatoms. The van der Waals surface area contributed by atoms with Gasteiger partial charge in [0, 0.05) is 18.0 Å². The van der Waals surface area contributed by atoms with Gasteiger partial charge in [0.05, 0.1) is 5.56 Å². The zero-order valence-corrected chi connectivity index (χ0v) is 15.0. The Morgan fingerprint density at radius 3 is 2.31 bits per heavy atom. The molecule has 0 unspecified atom stereocenters. The number of hydrogen-bond donors (Lipinski definition) is 1. The quantitative estimate of drug-likeness (QED) is 0.583. The molecule has 2 rings (SSSR count). The molecule has 0 aliphatic rings. The van der Waals surface area contributed by atoms with E-state index in [-0.39, 0.29) is 11.8 Å². The van der Waals surface area contributed by atoms with Crippen LogP contribution in [0.1, 0.15) is 52.5 Å². The highest BCUT2D eigenvalue weighted by Crippen LogP contribution is 2.18. The first kappa shape index (κ1) is 19.4. The summed E-state index contributed by atoms with van der Waals surface area (Å²) in [6, 6.07) is 16.0. The van der Waals surface area contributed by atoms with Crippen molar-refractivity contribution in [3.8, 4) is 0 Å². The Labute approximate surface area is 153 Å². The molecule has 0 radical (unpaired) electrons. The van der Waals surface area contributed by atoms with Crippen LogP contribution >= 0.6 is 0 Å². The maximum Gasteiger partial charge on any atom is 0.338 e. The molecular weight excluding hydrogens is 330 g/mol. The molecule has 0 aliphatic carbocycles. The van der Waals surface area contributed by atoms with Crippen molar-refractivity contribution in [3.63, 3.8) is 0 Å². The number of carbonyl (C=O) groups is 3. The summed E-state index contributed by atoms with van der Waals surface area (Å²) >= 11 is 0. The highest BCUT2D eigenvalue weighted by atomic mass is 16.5.